The van der Waals surface area contributed by atoms with Crippen LogP contribution >= 0.6 is 0 Å². The van der Waals surface area contributed by atoms with Gasteiger partial charge in [0.25, 0.3) is 0 Å². The van der Waals surface area contributed by atoms with Gasteiger partial charge in [0.05, 0.1) is 22.8 Å². The van der Waals surface area contributed by atoms with Crippen LogP contribution in [0.2, 0.25) is 0 Å². The number of aryl methyl sites for hydroxylation is 3. The second-order valence-corrected chi connectivity index (χ2v) is 7.03. The van der Waals surface area contributed by atoms with Crippen LogP contribution in [0, 0.1) is 13.8 Å². The van der Waals surface area contributed by atoms with Crippen molar-refractivity contribution < 1.29 is 9.32 Å². The van der Waals surface area contributed by atoms with E-state index >= 15 is 0 Å². The van der Waals surface area contributed by atoms with E-state index in [4.69, 9.17) is 9.51 Å². The standard InChI is InChI=1S/C20H24N4O2/c1-5-24-16-10-9-14(19-12(2)22-26-13(19)3)11-15(16)21-20(24)17-7-6-8-18(25)23(17)4/h9-11,17H,5-8H2,1-4H3. The van der Waals surface area contributed by atoms with Crippen molar-refractivity contribution in [2.45, 2.75) is 52.6 Å². The highest BCUT2D eigenvalue weighted by atomic mass is 16.5. The molecule has 0 aliphatic carbocycles. The summed E-state index contributed by atoms with van der Waals surface area (Å²) >= 11 is 0. The molecule has 2 aromatic heterocycles. The molecule has 1 aromatic carbocycles. The number of benzene rings is 1. The Balaban J connectivity index is 1.84. The number of piperidine rings is 1. The number of carbonyl (C=O) groups excluding carboxylic acids is 1. The minimum absolute atomic E-state index is 0.0473. The van der Waals surface area contributed by atoms with Crippen LogP contribution in [-0.2, 0) is 11.3 Å². The van der Waals surface area contributed by atoms with Gasteiger partial charge in [0.1, 0.15) is 11.6 Å². The summed E-state index contributed by atoms with van der Waals surface area (Å²) in [6.45, 7) is 6.83. The molecule has 3 heterocycles. The molecule has 136 valence electrons. The molecular weight excluding hydrogens is 328 g/mol. The Hall–Kier alpha value is -2.63. The first kappa shape index (κ1) is 16.8. The molecule has 0 spiro atoms. The molecule has 1 aliphatic heterocycles. The predicted octanol–water partition coefficient (Wildman–Crippen LogP) is 4.01. The minimum Gasteiger partial charge on any atom is -0.361 e. The van der Waals surface area contributed by atoms with Gasteiger partial charge in [-0.1, -0.05) is 11.2 Å². The first-order valence-electron chi connectivity index (χ1n) is 9.20. The van der Waals surface area contributed by atoms with Gasteiger partial charge in [-0.2, -0.15) is 0 Å². The maximum Gasteiger partial charge on any atom is 0.222 e. The van der Waals surface area contributed by atoms with Crippen molar-refractivity contribution in [3.8, 4) is 11.1 Å². The normalized spacial score (nSPS) is 18.1. The van der Waals surface area contributed by atoms with Crippen LogP contribution in [0.1, 0.15) is 49.5 Å². The molecule has 26 heavy (non-hydrogen) atoms. The van der Waals surface area contributed by atoms with Gasteiger partial charge in [-0.15, -0.1) is 0 Å². The van der Waals surface area contributed by atoms with Crippen molar-refractivity contribution in [3.05, 3.63) is 35.5 Å². The lowest BCUT2D eigenvalue weighted by Gasteiger charge is -2.32. The zero-order valence-corrected chi connectivity index (χ0v) is 15.7. The Morgan fingerprint density at radius 2 is 2.12 bits per heavy atom. The third-order valence-corrected chi connectivity index (χ3v) is 5.44. The Kier molecular flexibility index (Phi) is 4.05. The van der Waals surface area contributed by atoms with Gasteiger partial charge in [-0.3, -0.25) is 4.79 Å². The lowest BCUT2D eigenvalue weighted by atomic mass is 10.0. The Morgan fingerprint density at radius 3 is 2.81 bits per heavy atom. The van der Waals surface area contributed by atoms with Gasteiger partial charge in [-0.05, 0) is 51.3 Å². The van der Waals surface area contributed by atoms with E-state index in [9.17, 15) is 4.79 Å². The van der Waals surface area contributed by atoms with Crippen LogP contribution in [-0.4, -0.2) is 32.6 Å². The Morgan fingerprint density at radius 1 is 1.31 bits per heavy atom. The quantitative estimate of drug-likeness (QED) is 0.714. The summed E-state index contributed by atoms with van der Waals surface area (Å²) in [7, 11) is 1.89. The van der Waals surface area contributed by atoms with E-state index in [1.807, 2.05) is 25.8 Å². The monoisotopic (exact) mass is 352 g/mol. The molecule has 4 rings (SSSR count). The highest BCUT2D eigenvalue weighted by Crippen LogP contribution is 2.34. The molecule has 6 heteroatoms. The molecule has 1 fully saturated rings. The largest absolute Gasteiger partial charge is 0.361 e. The summed E-state index contributed by atoms with van der Waals surface area (Å²) in [5.74, 6) is 2.00. The first-order chi connectivity index (χ1) is 12.5. The topological polar surface area (TPSA) is 64.2 Å². The number of carbonyl (C=O) groups is 1. The van der Waals surface area contributed by atoms with E-state index < -0.39 is 0 Å². The number of imidazole rings is 1. The molecule has 1 amide bonds. The predicted molar refractivity (Wildman–Crippen MR) is 99.7 cm³/mol. The van der Waals surface area contributed by atoms with Crippen LogP contribution in [0.25, 0.3) is 22.2 Å². The minimum atomic E-state index is 0.0473. The van der Waals surface area contributed by atoms with Gasteiger partial charge >= 0.3 is 0 Å². The zero-order chi connectivity index (χ0) is 18.4. The number of amides is 1. The summed E-state index contributed by atoms with van der Waals surface area (Å²) in [5, 5.41) is 4.06. The van der Waals surface area contributed by atoms with Crippen LogP contribution in [0.15, 0.2) is 22.7 Å². The Labute approximate surface area is 152 Å². The van der Waals surface area contributed by atoms with Gasteiger partial charge in [-0.25, -0.2) is 4.98 Å². The summed E-state index contributed by atoms with van der Waals surface area (Å²) in [6, 6.07) is 6.36. The van der Waals surface area contributed by atoms with Crippen molar-refractivity contribution in [3.63, 3.8) is 0 Å². The van der Waals surface area contributed by atoms with Crippen molar-refractivity contribution in [1.29, 1.82) is 0 Å². The SMILES string of the molecule is CCn1c(C2CCCC(=O)N2C)nc2cc(-c3c(C)noc3C)ccc21. The number of likely N-dealkylation sites (tertiary alicyclic amines) is 1. The molecule has 0 bridgehead atoms. The average Bonchev–Trinajstić information content (AvgIpc) is 3.16. The number of hydrogen-bond acceptors (Lipinski definition) is 4. The fourth-order valence-corrected chi connectivity index (χ4v) is 4.08. The second-order valence-electron chi connectivity index (χ2n) is 7.03. The van der Waals surface area contributed by atoms with Crippen LogP contribution in [0.5, 0.6) is 0 Å². The van der Waals surface area contributed by atoms with Crippen molar-refractivity contribution in [1.82, 2.24) is 19.6 Å². The average molecular weight is 352 g/mol. The van der Waals surface area contributed by atoms with E-state index in [-0.39, 0.29) is 11.9 Å². The van der Waals surface area contributed by atoms with Gasteiger partial charge in [0, 0.05) is 25.6 Å². The van der Waals surface area contributed by atoms with Gasteiger partial charge in [0.2, 0.25) is 5.91 Å². The van der Waals surface area contributed by atoms with E-state index in [1.54, 1.807) is 0 Å². The lowest BCUT2D eigenvalue weighted by molar-refractivity contribution is -0.135. The van der Waals surface area contributed by atoms with E-state index in [0.29, 0.717) is 6.42 Å². The molecule has 1 aliphatic rings. The molecule has 1 unspecified atom stereocenters. The number of hydrogen-bond donors (Lipinski definition) is 0. The molecule has 1 atom stereocenters. The maximum atomic E-state index is 12.1. The summed E-state index contributed by atoms with van der Waals surface area (Å²) in [6.07, 6.45) is 2.52. The Bertz CT molecular complexity index is 966. The fraction of sp³-hybridized carbons (Fsp3) is 0.450. The number of aromatic nitrogens is 3. The smallest absolute Gasteiger partial charge is 0.222 e. The molecule has 1 saturated heterocycles. The molecule has 3 aromatic rings. The molecular formula is C20H24N4O2. The number of fused-ring (bicyclic) bond motifs is 1. The third-order valence-electron chi connectivity index (χ3n) is 5.44. The van der Waals surface area contributed by atoms with E-state index in [0.717, 1.165) is 58.8 Å². The number of nitrogens with zero attached hydrogens (tertiary/aromatic N) is 4. The van der Waals surface area contributed by atoms with Crippen molar-refractivity contribution >= 4 is 16.9 Å². The van der Waals surface area contributed by atoms with Crippen LogP contribution < -0.4 is 0 Å². The summed E-state index contributed by atoms with van der Waals surface area (Å²) in [5.41, 5.74) is 5.03. The van der Waals surface area contributed by atoms with Crippen LogP contribution in [0.3, 0.4) is 0 Å². The van der Waals surface area contributed by atoms with Gasteiger partial charge in [0.15, 0.2) is 0 Å². The fourth-order valence-electron chi connectivity index (χ4n) is 4.08. The highest BCUT2D eigenvalue weighted by molar-refractivity contribution is 5.84. The summed E-state index contributed by atoms with van der Waals surface area (Å²) in [4.78, 5) is 18.9. The molecule has 6 nitrogen and oxygen atoms in total. The second kappa shape index (κ2) is 6.27. The first-order valence-corrected chi connectivity index (χ1v) is 9.20. The maximum absolute atomic E-state index is 12.1. The van der Waals surface area contributed by atoms with E-state index in [2.05, 4.69) is 34.8 Å². The third kappa shape index (κ3) is 2.52. The van der Waals surface area contributed by atoms with E-state index in [1.165, 1.54) is 0 Å². The lowest BCUT2D eigenvalue weighted by Crippen LogP contribution is -2.36. The number of rotatable bonds is 3. The molecule has 0 saturated carbocycles. The highest BCUT2D eigenvalue weighted by Gasteiger charge is 2.30. The van der Waals surface area contributed by atoms with Crippen LogP contribution in [0.4, 0.5) is 0 Å². The summed E-state index contributed by atoms with van der Waals surface area (Å²) < 4.78 is 7.54. The van der Waals surface area contributed by atoms with Crippen molar-refractivity contribution in [2.24, 2.45) is 0 Å². The zero-order valence-electron chi connectivity index (χ0n) is 15.7. The van der Waals surface area contributed by atoms with Gasteiger partial charge < -0.3 is 14.0 Å². The van der Waals surface area contributed by atoms with Crippen molar-refractivity contribution in [2.75, 3.05) is 7.05 Å². The molecule has 0 N–H and O–H groups in total. The molecule has 0 radical (unpaired) electrons.